The van der Waals surface area contributed by atoms with E-state index in [1.165, 1.54) is 0 Å². The van der Waals surface area contributed by atoms with Crippen LogP contribution < -0.4 is 24.4 Å². The van der Waals surface area contributed by atoms with Crippen molar-refractivity contribution in [2.75, 3.05) is 45.9 Å². The molecule has 1 aliphatic heterocycles. The molecule has 1 fully saturated rings. The third-order valence-corrected chi connectivity index (χ3v) is 6.32. The van der Waals surface area contributed by atoms with Crippen molar-refractivity contribution in [3.05, 3.63) is 60.4 Å². The Labute approximate surface area is 206 Å². The highest BCUT2D eigenvalue weighted by Crippen LogP contribution is 2.28. The number of aromatic nitrogens is 2. The molecule has 1 aliphatic rings. The number of piperidine rings is 1. The van der Waals surface area contributed by atoms with E-state index in [0.29, 0.717) is 24.6 Å². The first-order valence-electron chi connectivity index (χ1n) is 11.8. The van der Waals surface area contributed by atoms with Gasteiger partial charge in [-0.2, -0.15) is 0 Å². The molecular weight excluding hydrogens is 444 g/mol. The molecule has 2 aromatic carbocycles. The highest BCUT2D eigenvalue weighted by Gasteiger charge is 2.26. The van der Waals surface area contributed by atoms with Crippen LogP contribution in [-0.2, 0) is 11.2 Å². The average Bonchev–Trinajstić information content (AvgIpc) is 2.93. The SMILES string of the molecule is COc1ccc(-c2cc(N3CCCC(C(=O)NCCc4ccc(OC)c(OC)c4)C3)ncn2)cc1. The van der Waals surface area contributed by atoms with Crippen LogP contribution in [0.1, 0.15) is 18.4 Å². The van der Waals surface area contributed by atoms with Gasteiger partial charge in [-0.15, -0.1) is 0 Å². The number of amides is 1. The van der Waals surface area contributed by atoms with Crippen molar-refractivity contribution in [3.8, 4) is 28.5 Å². The topological polar surface area (TPSA) is 85.8 Å². The zero-order chi connectivity index (χ0) is 24.6. The molecule has 1 atom stereocenters. The van der Waals surface area contributed by atoms with Crippen LogP contribution in [0.3, 0.4) is 0 Å². The number of nitrogens with one attached hydrogen (secondary N) is 1. The van der Waals surface area contributed by atoms with Crippen molar-refractivity contribution in [3.63, 3.8) is 0 Å². The summed E-state index contributed by atoms with van der Waals surface area (Å²) in [6.07, 6.45) is 4.12. The van der Waals surface area contributed by atoms with E-state index in [0.717, 1.165) is 54.2 Å². The van der Waals surface area contributed by atoms with E-state index in [9.17, 15) is 4.79 Å². The van der Waals surface area contributed by atoms with E-state index >= 15 is 0 Å². The maximum absolute atomic E-state index is 12.9. The maximum Gasteiger partial charge on any atom is 0.224 e. The lowest BCUT2D eigenvalue weighted by Gasteiger charge is -2.33. The Kier molecular flexibility index (Phi) is 8.03. The fourth-order valence-corrected chi connectivity index (χ4v) is 4.35. The van der Waals surface area contributed by atoms with E-state index in [-0.39, 0.29) is 11.8 Å². The predicted octanol–water partition coefficient (Wildman–Crippen LogP) is 3.74. The van der Waals surface area contributed by atoms with Crippen LogP contribution in [0.5, 0.6) is 17.2 Å². The van der Waals surface area contributed by atoms with Gasteiger partial charge >= 0.3 is 0 Å². The second-order valence-electron chi connectivity index (χ2n) is 8.51. The van der Waals surface area contributed by atoms with E-state index < -0.39 is 0 Å². The Morgan fingerprint density at radius 1 is 1.00 bits per heavy atom. The molecule has 1 N–H and O–H groups in total. The Morgan fingerprint density at radius 3 is 2.54 bits per heavy atom. The molecule has 35 heavy (non-hydrogen) atoms. The smallest absolute Gasteiger partial charge is 0.224 e. The Hall–Kier alpha value is -3.81. The molecule has 0 aliphatic carbocycles. The van der Waals surface area contributed by atoms with Crippen LogP contribution in [0.4, 0.5) is 5.82 Å². The number of carbonyl (C=O) groups is 1. The standard InChI is InChI=1S/C27H32N4O4/c1-33-22-9-7-20(8-10-22)23-16-26(30-18-29-23)31-14-4-5-21(17-31)27(32)28-13-12-19-6-11-24(34-2)25(15-19)35-3/h6-11,15-16,18,21H,4-5,12-14,17H2,1-3H3,(H,28,32). The van der Waals surface area contributed by atoms with Crippen LogP contribution >= 0.6 is 0 Å². The van der Waals surface area contributed by atoms with Gasteiger partial charge in [0.25, 0.3) is 0 Å². The normalized spacial score (nSPS) is 15.4. The summed E-state index contributed by atoms with van der Waals surface area (Å²) in [5.74, 6) is 3.04. The number of hydrogen-bond acceptors (Lipinski definition) is 7. The Morgan fingerprint density at radius 2 is 1.80 bits per heavy atom. The van der Waals surface area contributed by atoms with E-state index in [2.05, 4.69) is 20.2 Å². The van der Waals surface area contributed by atoms with Crippen molar-refractivity contribution >= 4 is 11.7 Å². The first kappa shape index (κ1) is 24.3. The van der Waals surface area contributed by atoms with Gasteiger partial charge in [-0.05, 0) is 61.2 Å². The lowest BCUT2D eigenvalue weighted by molar-refractivity contribution is -0.125. The van der Waals surface area contributed by atoms with Gasteiger partial charge in [0, 0.05) is 31.3 Å². The molecule has 0 saturated carbocycles. The minimum atomic E-state index is -0.0754. The summed E-state index contributed by atoms with van der Waals surface area (Å²) in [4.78, 5) is 24.0. The molecule has 0 radical (unpaired) electrons. The monoisotopic (exact) mass is 476 g/mol. The van der Waals surface area contributed by atoms with Gasteiger partial charge < -0.3 is 24.4 Å². The number of anilines is 1. The summed E-state index contributed by atoms with van der Waals surface area (Å²) < 4.78 is 15.9. The van der Waals surface area contributed by atoms with Gasteiger partial charge in [-0.1, -0.05) is 6.07 Å². The summed E-state index contributed by atoms with van der Waals surface area (Å²) in [6.45, 7) is 2.08. The zero-order valence-corrected chi connectivity index (χ0v) is 20.5. The molecule has 1 aromatic heterocycles. The van der Waals surface area contributed by atoms with Gasteiger partial charge in [0.1, 0.15) is 17.9 Å². The average molecular weight is 477 g/mol. The fourth-order valence-electron chi connectivity index (χ4n) is 4.35. The molecule has 2 heterocycles. The van der Waals surface area contributed by atoms with Crippen LogP contribution in [0.2, 0.25) is 0 Å². The van der Waals surface area contributed by atoms with Gasteiger partial charge in [-0.25, -0.2) is 9.97 Å². The number of methoxy groups -OCH3 is 3. The molecule has 0 spiro atoms. The van der Waals surface area contributed by atoms with Gasteiger partial charge in [0.15, 0.2) is 11.5 Å². The van der Waals surface area contributed by atoms with E-state index in [1.807, 2.05) is 48.5 Å². The van der Waals surface area contributed by atoms with Crippen LogP contribution in [0.25, 0.3) is 11.3 Å². The summed E-state index contributed by atoms with van der Waals surface area (Å²) in [7, 11) is 4.89. The molecule has 8 heteroatoms. The summed E-state index contributed by atoms with van der Waals surface area (Å²) in [6, 6.07) is 15.6. The van der Waals surface area contributed by atoms with Crippen molar-refractivity contribution in [1.82, 2.24) is 15.3 Å². The van der Waals surface area contributed by atoms with Gasteiger partial charge in [0.2, 0.25) is 5.91 Å². The first-order chi connectivity index (χ1) is 17.1. The second kappa shape index (κ2) is 11.6. The maximum atomic E-state index is 12.9. The fraction of sp³-hybridized carbons (Fsp3) is 0.370. The van der Waals surface area contributed by atoms with Crippen LogP contribution in [-0.4, -0.2) is 56.8 Å². The van der Waals surface area contributed by atoms with E-state index in [4.69, 9.17) is 14.2 Å². The van der Waals surface area contributed by atoms with Gasteiger partial charge in [-0.3, -0.25) is 4.79 Å². The molecule has 4 rings (SSSR count). The zero-order valence-electron chi connectivity index (χ0n) is 20.5. The lowest BCUT2D eigenvalue weighted by Crippen LogP contribution is -2.43. The largest absolute Gasteiger partial charge is 0.497 e. The second-order valence-corrected chi connectivity index (χ2v) is 8.51. The minimum absolute atomic E-state index is 0.0754. The predicted molar refractivity (Wildman–Crippen MR) is 135 cm³/mol. The highest BCUT2D eigenvalue weighted by atomic mass is 16.5. The third-order valence-electron chi connectivity index (χ3n) is 6.32. The van der Waals surface area contributed by atoms with Gasteiger partial charge in [0.05, 0.1) is 32.9 Å². The molecule has 0 bridgehead atoms. The third kappa shape index (κ3) is 6.01. The number of ether oxygens (including phenoxy) is 3. The lowest BCUT2D eigenvalue weighted by atomic mass is 9.97. The number of carbonyl (C=O) groups excluding carboxylic acids is 1. The summed E-state index contributed by atoms with van der Waals surface area (Å²) in [5, 5.41) is 3.10. The highest BCUT2D eigenvalue weighted by molar-refractivity contribution is 5.79. The van der Waals surface area contributed by atoms with E-state index in [1.54, 1.807) is 27.7 Å². The number of hydrogen-bond donors (Lipinski definition) is 1. The van der Waals surface area contributed by atoms with Crippen molar-refractivity contribution in [1.29, 1.82) is 0 Å². The molecule has 1 saturated heterocycles. The molecule has 1 amide bonds. The van der Waals surface area contributed by atoms with Crippen molar-refractivity contribution < 1.29 is 19.0 Å². The minimum Gasteiger partial charge on any atom is -0.497 e. The molecule has 1 unspecified atom stereocenters. The van der Waals surface area contributed by atoms with Crippen LogP contribution in [0.15, 0.2) is 54.9 Å². The molecule has 8 nitrogen and oxygen atoms in total. The quantitative estimate of drug-likeness (QED) is 0.503. The number of rotatable bonds is 9. The van der Waals surface area contributed by atoms with Crippen molar-refractivity contribution in [2.24, 2.45) is 5.92 Å². The van der Waals surface area contributed by atoms with Crippen molar-refractivity contribution in [2.45, 2.75) is 19.3 Å². The molecule has 3 aromatic rings. The number of nitrogens with zero attached hydrogens (tertiary/aromatic N) is 3. The Balaban J connectivity index is 1.34. The summed E-state index contributed by atoms with van der Waals surface area (Å²) >= 11 is 0. The summed E-state index contributed by atoms with van der Waals surface area (Å²) in [5.41, 5.74) is 2.93. The molecular formula is C27H32N4O4. The first-order valence-corrected chi connectivity index (χ1v) is 11.8. The number of benzene rings is 2. The molecule has 184 valence electrons. The van der Waals surface area contributed by atoms with Crippen LogP contribution in [0, 0.1) is 5.92 Å². The Bertz CT molecular complexity index is 1140.